The van der Waals surface area contributed by atoms with Gasteiger partial charge in [-0.1, -0.05) is 6.92 Å². The van der Waals surface area contributed by atoms with Gasteiger partial charge in [0.1, 0.15) is 0 Å². The second-order valence-electron chi connectivity index (χ2n) is 2.01. The number of rotatable bonds is 4. The van der Waals surface area contributed by atoms with Gasteiger partial charge in [0.15, 0.2) is 6.79 Å². The highest BCUT2D eigenvalue weighted by atomic mass is 16.6. The maximum absolute atomic E-state index is 10.6. The van der Waals surface area contributed by atoms with Crippen LogP contribution in [0.1, 0.15) is 13.3 Å². The Morgan fingerprint density at radius 2 is 2.20 bits per heavy atom. The van der Waals surface area contributed by atoms with Gasteiger partial charge in [0.25, 0.3) is 0 Å². The second-order valence-corrected chi connectivity index (χ2v) is 2.01. The quantitative estimate of drug-likeness (QED) is 0.416. The number of carbonyl (C=O) groups is 1. The number of carbonyl (C=O) groups excluding carboxylic acids is 1. The van der Waals surface area contributed by atoms with Crippen LogP contribution in [0.2, 0.25) is 0 Å². The Hall–Kier alpha value is -0.610. The molecule has 0 saturated heterocycles. The van der Waals surface area contributed by atoms with Crippen molar-refractivity contribution in [3.63, 3.8) is 0 Å². The van der Waals surface area contributed by atoms with E-state index in [4.69, 9.17) is 10.2 Å². The van der Waals surface area contributed by atoms with Gasteiger partial charge in [-0.3, -0.25) is 4.79 Å². The zero-order valence-corrected chi connectivity index (χ0v) is 5.91. The zero-order chi connectivity index (χ0) is 7.98. The summed E-state index contributed by atoms with van der Waals surface area (Å²) in [4.78, 5) is 10.6. The lowest BCUT2D eigenvalue weighted by molar-refractivity contribution is -0.156. The summed E-state index contributed by atoms with van der Waals surface area (Å²) in [5.41, 5.74) is 0. The molecule has 2 N–H and O–H groups in total. The largest absolute Gasteiger partial charge is 0.438 e. The number of aliphatic hydroxyl groups is 2. The standard InChI is InChI=1S/C6H12O4/c1-5(2-3-7)6(9)10-4-8/h5,7-8H,2-4H2,1H3. The van der Waals surface area contributed by atoms with Gasteiger partial charge in [-0.2, -0.15) is 0 Å². The van der Waals surface area contributed by atoms with Gasteiger partial charge < -0.3 is 14.9 Å². The molecule has 0 spiro atoms. The Bertz CT molecular complexity index is 102. The third-order valence-electron chi connectivity index (χ3n) is 1.17. The molecule has 0 radical (unpaired) electrons. The molecular weight excluding hydrogens is 136 g/mol. The highest BCUT2D eigenvalue weighted by Crippen LogP contribution is 2.02. The third-order valence-corrected chi connectivity index (χ3v) is 1.17. The van der Waals surface area contributed by atoms with E-state index in [0.29, 0.717) is 6.42 Å². The number of hydrogen-bond donors (Lipinski definition) is 2. The lowest BCUT2D eigenvalue weighted by Gasteiger charge is -2.06. The Kier molecular flexibility index (Phi) is 4.88. The minimum Gasteiger partial charge on any atom is -0.438 e. The third kappa shape index (κ3) is 3.42. The maximum Gasteiger partial charge on any atom is 0.310 e. The first-order valence-electron chi connectivity index (χ1n) is 3.10. The van der Waals surface area contributed by atoms with Gasteiger partial charge >= 0.3 is 5.97 Å². The van der Waals surface area contributed by atoms with Gasteiger partial charge in [-0.15, -0.1) is 0 Å². The van der Waals surface area contributed by atoms with Crippen molar-refractivity contribution in [2.75, 3.05) is 13.4 Å². The molecule has 0 aliphatic heterocycles. The Morgan fingerprint density at radius 3 is 2.60 bits per heavy atom. The van der Waals surface area contributed by atoms with Gasteiger partial charge in [0.2, 0.25) is 0 Å². The number of esters is 1. The SMILES string of the molecule is CC(CCO)C(=O)OCO. The van der Waals surface area contributed by atoms with Crippen LogP contribution in [-0.4, -0.2) is 29.6 Å². The van der Waals surface area contributed by atoms with Crippen molar-refractivity contribution in [1.29, 1.82) is 0 Å². The molecule has 0 rings (SSSR count). The summed E-state index contributed by atoms with van der Waals surface area (Å²) in [5, 5.41) is 16.5. The van der Waals surface area contributed by atoms with E-state index in [1.54, 1.807) is 6.92 Å². The first kappa shape index (κ1) is 9.39. The average molecular weight is 148 g/mol. The predicted molar refractivity (Wildman–Crippen MR) is 34.0 cm³/mol. The second kappa shape index (κ2) is 5.20. The van der Waals surface area contributed by atoms with E-state index in [2.05, 4.69) is 4.74 Å². The normalized spacial score (nSPS) is 12.7. The molecule has 0 aromatic rings. The molecule has 0 fully saturated rings. The molecule has 0 aromatic heterocycles. The molecule has 1 atom stereocenters. The van der Waals surface area contributed by atoms with E-state index in [9.17, 15) is 4.79 Å². The lowest BCUT2D eigenvalue weighted by atomic mass is 10.1. The van der Waals surface area contributed by atoms with Crippen LogP contribution in [0.3, 0.4) is 0 Å². The van der Waals surface area contributed by atoms with Crippen molar-refractivity contribution >= 4 is 5.97 Å². The monoisotopic (exact) mass is 148 g/mol. The number of aliphatic hydroxyl groups excluding tert-OH is 2. The number of ether oxygens (including phenoxy) is 1. The highest BCUT2D eigenvalue weighted by molar-refractivity contribution is 5.71. The molecule has 0 bridgehead atoms. The fourth-order valence-corrected chi connectivity index (χ4v) is 0.517. The maximum atomic E-state index is 10.6. The predicted octanol–water partition coefficient (Wildman–Crippen LogP) is -0.502. The molecule has 0 aliphatic rings. The van der Waals surface area contributed by atoms with E-state index in [-0.39, 0.29) is 12.5 Å². The van der Waals surface area contributed by atoms with Crippen molar-refractivity contribution < 1.29 is 19.7 Å². The van der Waals surface area contributed by atoms with Gasteiger partial charge in [0.05, 0.1) is 5.92 Å². The van der Waals surface area contributed by atoms with Crippen molar-refractivity contribution in [2.24, 2.45) is 5.92 Å². The average Bonchev–Trinajstić information content (AvgIpc) is 1.89. The fourth-order valence-electron chi connectivity index (χ4n) is 0.517. The van der Waals surface area contributed by atoms with Crippen molar-refractivity contribution in [2.45, 2.75) is 13.3 Å². The van der Waals surface area contributed by atoms with Crippen LogP contribution < -0.4 is 0 Å². The van der Waals surface area contributed by atoms with E-state index in [0.717, 1.165) is 0 Å². The molecular formula is C6H12O4. The van der Waals surface area contributed by atoms with Crippen LogP contribution in [-0.2, 0) is 9.53 Å². The minimum absolute atomic E-state index is 0.0400. The molecule has 4 heteroatoms. The molecule has 0 saturated carbocycles. The molecule has 0 aromatic carbocycles. The fraction of sp³-hybridized carbons (Fsp3) is 0.833. The van der Waals surface area contributed by atoms with E-state index < -0.39 is 12.8 Å². The van der Waals surface area contributed by atoms with Crippen LogP contribution in [0.15, 0.2) is 0 Å². The summed E-state index contributed by atoms with van der Waals surface area (Å²) in [6, 6.07) is 0. The molecule has 4 nitrogen and oxygen atoms in total. The van der Waals surface area contributed by atoms with Gasteiger partial charge in [-0.25, -0.2) is 0 Å². The van der Waals surface area contributed by atoms with E-state index >= 15 is 0 Å². The van der Waals surface area contributed by atoms with E-state index in [1.807, 2.05) is 0 Å². The summed E-state index contributed by atoms with van der Waals surface area (Å²) in [6.45, 7) is 1.00. The molecule has 1 unspecified atom stereocenters. The number of hydrogen-bond acceptors (Lipinski definition) is 4. The van der Waals surface area contributed by atoms with Crippen LogP contribution in [0.4, 0.5) is 0 Å². The Labute approximate surface area is 59.4 Å². The Morgan fingerprint density at radius 1 is 1.60 bits per heavy atom. The van der Waals surface area contributed by atoms with Crippen molar-refractivity contribution in [3.8, 4) is 0 Å². The highest BCUT2D eigenvalue weighted by Gasteiger charge is 2.12. The van der Waals surface area contributed by atoms with Crippen LogP contribution in [0, 0.1) is 5.92 Å². The van der Waals surface area contributed by atoms with Gasteiger partial charge in [-0.05, 0) is 6.42 Å². The molecule has 10 heavy (non-hydrogen) atoms. The molecule has 60 valence electrons. The van der Waals surface area contributed by atoms with Crippen molar-refractivity contribution in [1.82, 2.24) is 0 Å². The minimum atomic E-state index is -0.589. The Balaban J connectivity index is 3.49. The van der Waals surface area contributed by atoms with Crippen LogP contribution in [0.25, 0.3) is 0 Å². The van der Waals surface area contributed by atoms with Crippen LogP contribution in [0.5, 0.6) is 0 Å². The first-order chi connectivity index (χ1) is 4.72. The van der Waals surface area contributed by atoms with Crippen LogP contribution >= 0.6 is 0 Å². The first-order valence-corrected chi connectivity index (χ1v) is 3.10. The summed E-state index contributed by atoms with van der Waals surface area (Å²) in [5.74, 6) is -0.811. The van der Waals surface area contributed by atoms with E-state index in [1.165, 1.54) is 0 Å². The molecule has 0 heterocycles. The smallest absolute Gasteiger partial charge is 0.310 e. The molecule has 0 aliphatic carbocycles. The topological polar surface area (TPSA) is 66.8 Å². The summed E-state index contributed by atoms with van der Waals surface area (Å²) in [7, 11) is 0. The summed E-state index contributed by atoms with van der Waals surface area (Å²) in [6.07, 6.45) is 0.374. The van der Waals surface area contributed by atoms with Gasteiger partial charge in [0, 0.05) is 6.61 Å². The summed E-state index contributed by atoms with van der Waals surface area (Å²) >= 11 is 0. The summed E-state index contributed by atoms with van der Waals surface area (Å²) < 4.78 is 4.26. The molecule has 0 amide bonds. The zero-order valence-electron chi connectivity index (χ0n) is 5.91. The lowest BCUT2D eigenvalue weighted by Crippen LogP contribution is -2.16. The van der Waals surface area contributed by atoms with Crippen molar-refractivity contribution in [3.05, 3.63) is 0 Å².